The molecule has 2 rings (SSSR count). The Labute approximate surface area is 120 Å². The molecule has 1 atom stereocenters. The van der Waals surface area contributed by atoms with Gasteiger partial charge in [-0.2, -0.15) is 5.10 Å². The summed E-state index contributed by atoms with van der Waals surface area (Å²) >= 11 is 0. The molecule has 0 bridgehead atoms. The van der Waals surface area contributed by atoms with E-state index in [1.807, 2.05) is 0 Å². The first-order valence-electron chi connectivity index (χ1n) is 6.23. The highest BCUT2D eigenvalue weighted by Gasteiger charge is 2.13. The summed E-state index contributed by atoms with van der Waals surface area (Å²) in [6.07, 6.45) is 1.58. The number of carbonyl (C=O) groups is 1. The van der Waals surface area contributed by atoms with Gasteiger partial charge in [0, 0.05) is 24.4 Å². The molecule has 1 unspecified atom stereocenters. The Morgan fingerprint density at radius 3 is 2.67 bits per heavy atom. The van der Waals surface area contributed by atoms with Crippen molar-refractivity contribution in [2.24, 2.45) is 0 Å². The molecule has 2 N–H and O–H groups in total. The zero-order valence-corrected chi connectivity index (χ0v) is 11.3. The topological polar surface area (TPSA) is 110 Å². The average molecular weight is 290 g/mol. The van der Waals surface area contributed by atoms with E-state index < -0.39 is 10.8 Å². The molecule has 8 nitrogen and oxygen atoms in total. The number of hydrogen-bond donors (Lipinski definition) is 2. The maximum atomic E-state index is 11.8. The van der Waals surface area contributed by atoms with Crippen molar-refractivity contribution in [2.45, 2.75) is 13.0 Å². The Morgan fingerprint density at radius 2 is 2.10 bits per heavy atom. The monoisotopic (exact) mass is 290 g/mol. The number of hydrogen-bond acceptors (Lipinski definition) is 5. The molecule has 0 spiro atoms. The summed E-state index contributed by atoms with van der Waals surface area (Å²) in [6.45, 7) is 1.51. The maximum absolute atomic E-state index is 11.8. The van der Waals surface area contributed by atoms with Crippen LogP contribution in [0.3, 0.4) is 0 Å². The number of aliphatic hydroxyl groups is 1. The zero-order chi connectivity index (χ0) is 15.4. The number of amides is 1. The summed E-state index contributed by atoms with van der Waals surface area (Å²) in [6, 6.07) is 6.99. The third-order valence-electron chi connectivity index (χ3n) is 2.80. The summed E-state index contributed by atoms with van der Waals surface area (Å²) in [5.41, 5.74) is 0.796. The molecule has 1 aromatic carbocycles. The lowest BCUT2D eigenvalue weighted by atomic mass is 10.3. The van der Waals surface area contributed by atoms with Crippen LogP contribution in [0.4, 0.5) is 5.69 Å². The van der Waals surface area contributed by atoms with E-state index in [0.717, 1.165) is 0 Å². The largest absolute Gasteiger partial charge is 0.394 e. The van der Waals surface area contributed by atoms with Crippen molar-refractivity contribution in [1.82, 2.24) is 15.1 Å². The van der Waals surface area contributed by atoms with E-state index in [1.165, 1.54) is 22.9 Å². The number of carbonyl (C=O) groups excluding carboxylic acids is 1. The summed E-state index contributed by atoms with van der Waals surface area (Å²) in [5.74, 6) is -0.391. The van der Waals surface area contributed by atoms with Crippen LogP contribution in [-0.2, 0) is 0 Å². The van der Waals surface area contributed by atoms with Crippen molar-refractivity contribution in [1.29, 1.82) is 0 Å². The highest BCUT2D eigenvalue weighted by molar-refractivity contribution is 5.92. The molecular formula is C13H14N4O4. The molecule has 0 saturated carbocycles. The molecular weight excluding hydrogens is 276 g/mol. The number of rotatable bonds is 5. The first-order chi connectivity index (χ1) is 10.0. The molecule has 0 fully saturated rings. The number of non-ortho nitro benzene ring substituents is 1. The molecule has 0 radical (unpaired) electrons. The maximum Gasteiger partial charge on any atom is 0.272 e. The Morgan fingerprint density at radius 1 is 1.43 bits per heavy atom. The molecule has 1 heterocycles. The number of nitrogens with one attached hydrogen (secondary N) is 1. The fourth-order valence-corrected chi connectivity index (χ4v) is 1.66. The van der Waals surface area contributed by atoms with E-state index in [1.54, 1.807) is 25.3 Å². The Hall–Kier alpha value is -2.74. The molecule has 1 amide bonds. The van der Waals surface area contributed by atoms with Crippen molar-refractivity contribution < 1.29 is 14.8 Å². The number of nitro groups is 1. The highest BCUT2D eigenvalue weighted by atomic mass is 16.6. The number of aromatic nitrogens is 2. The van der Waals surface area contributed by atoms with Crippen molar-refractivity contribution in [3.8, 4) is 5.69 Å². The van der Waals surface area contributed by atoms with Gasteiger partial charge in [-0.05, 0) is 25.1 Å². The second-order valence-corrected chi connectivity index (χ2v) is 4.48. The number of nitro benzene ring substituents is 1. The molecule has 110 valence electrons. The van der Waals surface area contributed by atoms with Gasteiger partial charge >= 0.3 is 0 Å². The smallest absolute Gasteiger partial charge is 0.272 e. The van der Waals surface area contributed by atoms with Crippen molar-refractivity contribution in [2.75, 3.05) is 6.61 Å². The Balaban J connectivity index is 2.15. The van der Waals surface area contributed by atoms with Gasteiger partial charge in [0.15, 0.2) is 5.69 Å². The van der Waals surface area contributed by atoms with E-state index >= 15 is 0 Å². The summed E-state index contributed by atoms with van der Waals surface area (Å²) in [4.78, 5) is 21.9. The Kier molecular flexibility index (Phi) is 4.29. The van der Waals surface area contributed by atoms with Gasteiger partial charge in [-0.3, -0.25) is 14.9 Å². The van der Waals surface area contributed by atoms with E-state index in [-0.39, 0.29) is 24.0 Å². The average Bonchev–Trinajstić information content (AvgIpc) is 2.97. The van der Waals surface area contributed by atoms with Crippen LogP contribution in [0.5, 0.6) is 0 Å². The lowest BCUT2D eigenvalue weighted by molar-refractivity contribution is -0.384. The molecule has 0 saturated heterocycles. The van der Waals surface area contributed by atoms with Gasteiger partial charge < -0.3 is 10.4 Å². The Bertz CT molecular complexity index is 650. The fraction of sp³-hybridized carbons (Fsp3) is 0.231. The lowest BCUT2D eigenvalue weighted by Gasteiger charge is -2.08. The standard InChI is InChI=1S/C13H14N4O4/c1-9(8-18)14-13(19)12-6-7-16(15-12)10-2-4-11(5-3-10)17(20)21/h2-7,9,18H,8H2,1H3,(H,14,19). The highest BCUT2D eigenvalue weighted by Crippen LogP contribution is 2.14. The van der Waals surface area contributed by atoms with Crippen LogP contribution in [-0.4, -0.2) is 38.4 Å². The van der Waals surface area contributed by atoms with Crippen LogP contribution in [0.15, 0.2) is 36.5 Å². The van der Waals surface area contributed by atoms with Gasteiger partial charge in [0.25, 0.3) is 11.6 Å². The van der Waals surface area contributed by atoms with Crippen LogP contribution in [0.1, 0.15) is 17.4 Å². The quantitative estimate of drug-likeness (QED) is 0.627. The molecule has 0 aliphatic heterocycles. The summed E-state index contributed by atoms with van der Waals surface area (Å²) in [5, 5.41) is 26.1. The van der Waals surface area contributed by atoms with Crippen LogP contribution in [0.2, 0.25) is 0 Å². The van der Waals surface area contributed by atoms with E-state index in [2.05, 4.69) is 10.4 Å². The summed E-state index contributed by atoms with van der Waals surface area (Å²) in [7, 11) is 0. The first kappa shape index (κ1) is 14.7. The second kappa shape index (κ2) is 6.14. The molecule has 1 aromatic heterocycles. The van der Waals surface area contributed by atoms with E-state index in [9.17, 15) is 14.9 Å². The second-order valence-electron chi connectivity index (χ2n) is 4.48. The van der Waals surface area contributed by atoms with Gasteiger partial charge in [-0.25, -0.2) is 4.68 Å². The zero-order valence-electron chi connectivity index (χ0n) is 11.3. The van der Waals surface area contributed by atoms with Crippen LogP contribution in [0, 0.1) is 10.1 Å². The van der Waals surface area contributed by atoms with Crippen molar-refractivity contribution in [3.05, 3.63) is 52.3 Å². The third kappa shape index (κ3) is 3.42. The van der Waals surface area contributed by atoms with Crippen LogP contribution < -0.4 is 5.32 Å². The number of aliphatic hydroxyl groups excluding tert-OH is 1. The van der Waals surface area contributed by atoms with Gasteiger partial charge in [-0.15, -0.1) is 0 Å². The van der Waals surface area contributed by atoms with Crippen LogP contribution >= 0.6 is 0 Å². The van der Waals surface area contributed by atoms with Gasteiger partial charge in [-0.1, -0.05) is 0 Å². The van der Waals surface area contributed by atoms with E-state index in [4.69, 9.17) is 5.11 Å². The summed E-state index contributed by atoms with van der Waals surface area (Å²) < 4.78 is 1.45. The lowest BCUT2D eigenvalue weighted by Crippen LogP contribution is -2.35. The molecule has 8 heteroatoms. The molecule has 2 aromatic rings. The van der Waals surface area contributed by atoms with E-state index in [0.29, 0.717) is 5.69 Å². The van der Waals surface area contributed by atoms with Gasteiger partial charge in [0.1, 0.15) is 0 Å². The van der Waals surface area contributed by atoms with Crippen molar-refractivity contribution >= 4 is 11.6 Å². The third-order valence-corrected chi connectivity index (χ3v) is 2.80. The first-order valence-corrected chi connectivity index (χ1v) is 6.23. The fourth-order valence-electron chi connectivity index (χ4n) is 1.66. The SMILES string of the molecule is CC(CO)NC(=O)c1ccn(-c2ccc([N+](=O)[O-])cc2)n1. The van der Waals surface area contributed by atoms with Crippen molar-refractivity contribution in [3.63, 3.8) is 0 Å². The minimum absolute atomic E-state index is 0.0133. The molecule has 0 aliphatic carbocycles. The predicted molar refractivity (Wildman–Crippen MR) is 74.2 cm³/mol. The minimum atomic E-state index is -0.484. The number of nitrogens with zero attached hydrogens (tertiary/aromatic N) is 3. The predicted octanol–water partition coefficient (Wildman–Crippen LogP) is 0.891. The minimum Gasteiger partial charge on any atom is -0.394 e. The van der Waals surface area contributed by atoms with Gasteiger partial charge in [0.2, 0.25) is 0 Å². The van der Waals surface area contributed by atoms with Gasteiger partial charge in [0.05, 0.1) is 17.2 Å². The van der Waals surface area contributed by atoms with Crippen LogP contribution in [0.25, 0.3) is 5.69 Å². The molecule has 0 aliphatic rings. The number of benzene rings is 1. The molecule has 21 heavy (non-hydrogen) atoms. The normalized spacial score (nSPS) is 11.9.